The second kappa shape index (κ2) is 4.87. The van der Waals surface area contributed by atoms with Crippen molar-refractivity contribution in [3.63, 3.8) is 0 Å². The lowest BCUT2D eigenvalue weighted by Gasteiger charge is -2.02. The van der Waals surface area contributed by atoms with Gasteiger partial charge in [-0.15, -0.1) is 0 Å². The van der Waals surface area contributed by atoms with E-state index < -0.39 is 0 Å². The molecule has 0 aliphatic carbocycles. The summed E-state index contributed by atoms with van der Waals surface area (Å²) in [6.45, 7) is 3.86. The van der Waals surface area contributed by atoms with Gasteiger partial charge >= 0.3 is 0 Å². The minimum Gasteiger partial charge on any atom is -0.292 e. The van der Waals surface area contributed by atoms with E-state index in [-0.39, 0.29) is 5.78 Å². The van der Waals surface area contributed by atoms with Crippen molar-refractivity contribution in [2.75, 3.05) is 0 Å². The van der Waals surface area contributed by atoms with Crippen LogP contribution in [-0.2, 0) is 6.42 Å². The number of carbonyl (C=O) groups excluding carboxylic acids is 1. The van der Waals surface area contributed by atoms with E-state index in [2.05, 4.69) is 9.97 Å². The van der Waals surface area contributed by atoms with Gasteiger partial charge in [0.2, 0.25) is 0 Å². The van der Waals surface area contributed by atoms with Gasteiger partial charge in [-0.05, 0) is 19.4 Å². The van der Waals surface area contributed by atoms with E-state index in [0.29, 0.717) is 12.1 Å². The number of nitrogens with zero attached hydrogens (tertiary/aromatic N) is 2. The Bertz CT molecular complexity index is 532. The van der Waals surface area contributed by atoms with Gasteiger partial charge in [0.05, 0.1) is 11.9 Å². The standard InChI is InChI=1S/C14H14N2O/c1-10-4-3-5-12(6-10)7-14(17)13-9-15-11(2)8-16-13/h3-6,8-9H,7H2,1-2H3. The lowest BCUT2D eigenvalue weighted by Crippen LogP contribution is -2.07. The van der Waals surface area contributed by atoms with Crippen LogP contribution in [0.1, 0.15) is 27.3 Å². The third kappa shape index (κ3) is 2.97. The van der Waals surface area contributed by atoms with E-state index in [1.807, 2.05) is 38.1 Å². The number of aromatic nitrogens is 2. The maximum Gasteiger partial charge on any atom is 0.187 e. The van der Waals surface area contributed by atoms with Crippen LogP contribution in [0.15, 0.2) is 36.7 Å². The van der Waals surface area contributed by atoms with Crippen LogP contribution in [0.4, 0.5) is 0 Å². The molecule has 0 amide bonds. The molecule has 3 nitrogen and oxygen atoms in total. The summed E-state index contributed by atoms with van der Waals surface area (Å²) in [5.41, 5.74) is 3.41. The summed E-state index contributed by atoms with van der Waals surface area (Å²) in [6, 6.07) is 7.93. The number of rotatable bonds is 3. The minimum atomic E-state index is 0.00287. The molecule has 1 heterocycles. The second-order valence-electron chi connectivity index (χ2n) is 4.13. The monoisotopic (exact) mass is 226 g/mol. The molecule has 0 aliphatic heterocycles. The van der Waals surface area contributed by atoms with Gasteiger partial charge in [-0.2, -0.15) is 0 Å². The average molecular weight is 226 g/mol. The summed E-state index contributed by atoms with van der Waals surface area (Å²) in [5.74, 6) is 0.00287. The zero-order valence-corrected chi connectivity index (χ0v) is 9.97. The van der Waals surface area contributed by atoms with Gasteiger partial charge in [0.15, 0.2) is 5.78 Å². The van der Waals surface area contributed by atoms with Gasteiger partial charge < -0.3 is 0 Å². The topological polar surface area (TPSA) is 42.9 Å². The number of hydrogen-bond acceptors (Lipinski definition) is 3. The second-order valence-corrected chi connectivity index (χ2v) is 4.13. The molecule has 2 aromatic rings. The predicted molar refractivity (Wildman–Crippen MR) is 66.0 cm³/mol. The van der Waals surface area contributed by atoms with Crippen LogP contribution in [0.3, 0.4) is 0 Å². The first-order valence-corrected chi connectivity index (χ1v) is 5.52. The predicted octanol–water partition coefficient (Wildman–Crippen LogP) is 2.52. The number of aryl methyl sites for hydroxylation is 2. The molecular weight excluding hydrogens is 212 g/mol. The number of Topliss-reactive ketones (excluding diaryl/α,β-unsaturated/α-hetero) is 1. The molecule has 0 unspecified atom stereocenters. The Hall–Kier alpha value is -2.03. The highest BCUT2D eigenvalue weighted by Gasteiger charge is 2.08. The molecule has 0 fully saturated rings. The van der Waals surface area contributed by atoms with Crippen LogP contribution in [0.5, 0.6) is 0 Å². The molecule has 0 saturated carbocycles. The van der Waals surface area contributed by atoms with Crippen LogP contribution in [0, 0.1) is 13.8 Å². The first kappa shape index (κ1) is 11.5. The normalized spacial score (nSPS) is 10.2. The molecule has 1 aromatic heterocycles. The van der Waals surface area contributed by atoms with Crippen LogP contribution in [0.25, 0.3) is 0 Å². The molecule has 0 bridgehead atoms. The van der Waals surface area contributed by atoms with Gasteiger partial charge in [-0.1, -0.05) is 29.8 Å². The Morgan fingerprint density at radius 2 is 2.00 bits per heavy atom. The molecule has 0 N–H and O–H groups in total. The van der Waals surface area contributed by atoms with E-state index in [0.717, 1.165) is 16.8 Å². The van der Waals surface area contributed by atoms with Gasteiger partial charge in [-0.25, -0.2) is 4.98 Å². The summed E-state index contributed by atoms with van der Waals surface area (Å²) < 4.78 is 0. The van der Waals surface area contributed by atoms with E-state index in [1.54, 1.807) is 6.20 Å². The molecule has 2 rings (SSSR count). The lowest BCUT2D eigenvalue weighted by atomic mass is 10.1. The van der Waals surface area contributed by atoms with Crippen LogP contribution in [-0.4, -0.2) is 15.8 Å². The van der Waals surface area contributed by atoms with E-state index in [4.69, 9.17) is 0 Å². The molecule has 0 aliphatic rings. The molecule has 0 radical (unpaired) electrons. The van der Waals surface area contributed by atoms with Crippen molar-refractivity contribution in [3.05, 3.63) is 59.2 Å². The Labute approximate surface area is 101 Å². The van der Waals surface area contributed by atoms with Crippen molar-refractivity contribution in [1.82, 2.24) is 9.97 Å². The third-order valence-electron chi connectivity index (χ3n) is 2.51. The first-order chi connectivity index (χ1) is 8.15. The molecule has 3 heteroatoms. The van der Waals surface area contributed by atoms with E-state index in [1.165, 1.54) is 6.20 Å². The van der Waals surface area contributed by atoms with Crippen molar-refractivity contribution < 1.29 is 4.79 Å². The van der Waals surface area contributed by atoms with E-state index >= 15 is 0 Å². The Morgan fingerprint density at radius 3 is 2.65 bits per heavy atom. The van der Waals surface area contributed by atoms with Crippen molar-refractivity contribution in [2.24, 2.45) is 0 Å². The number of hydrogen-bond donors (Lipinski definition) is 0. The Balaban J connectivity index is 2.14. The van der Waals surface area contributed by atoms with Gasteiger partial charge in [0, 0.05) is 12.6 Å². The fraction of sp³-hybridized carbons (Fsp3) is 0.214. The van der Waals surface area contributed by atoms with Gasteiger partial charge in [0.1, 0.15) is 5.69 Å². The Morgan fingerprint density at radius 1 is 1.18 bits per heavy atom. The SMILES string of the molecule is Cc1cccc(CC(=O)c2cnc(C)cn2)c1. The molecule has 1 aromatic carbocycles. The highest BCUT2D eigenvalue weighted by atomic mass is 16.1. The maximum atomic E-state index is 11.9. The quantitative estimate of drug-likeness (QED) is 0.755. The summed E-state index contributed by atoms with van der Waals surface area (Å²) in [7, 11) is 0. The van der Waals surface area contributed by atoms with Crippen molar-refractivity contribution in [1.29, 1.82) is 0 Å². The number of carbonyl (C=O) groups is 1. The molecule has 0 atom stereocenters. The van der Waals surface area contributed by atoms with E-state index in [9.17, 15) is 4.79 Å². The molecule has 17 heavy (non-hydrogen) atoms. The highest BCUT2D eigenvalue weighted by molar-refractivity contribution is 5.95. The fourth-order valence-electron chi connectivity index (χ4n) is 1.63. The summed E-state index contributed by atoms with van der Waals surface area (Å²) >= 11 is 0. The van der Waals surface area contributed by atoms with Gasteiger partial charge in [0.25, 0.3) is 0 Å². The number of benzene rings is 1. The van der Waals surface area contributed by atoms with Crippen molar-refractivity contribution in [2.45, 2.75) is 20.3 Å². The largest absolute Gasteiger partial charge is 0.292 e. The van der Waals surface area contributed by atoms with Crippen molar-refractivity contribution >= 4 is 5.78 Å². The molecule has 0 spiro atoms. The molecular formula is C14H14N2O. The van der Waals surface area contributed by atoms with Gasteiger partial charge in [-0.3, -0.25) is 9.78 Å². The summed E-state index contributed by atoms with van der Waals surface area (Å²) in [5, 5.41) is 0. The van der Waals surface area contributed by atoms with Crippen LogP contribution < -0.4 is 0 Å². The number of ketones is 1. The minimum absolute atomic E-state index is 0.00287. The molecule has 86 valence electrons. The maximum absolute atomic E-state index is 11.9. The third-order valence-corrected chi connectivity index (χ3v) is 2.51. The zero-order chi connectivity index (χ0) is 12.3. The van der Waals surface area contributed by atoms with Crippen LogP contribution in [0.2, 0.25) is 0 Å². The average Bonchev–Trinajstić information content (AvgIpc) is 2.29. The highest BCUT2D eigenvalue weighted by Crippen LogP contribution is 2.07. The summed E-state index contributed by atoms with van der Waals surface area (Å²) in [6.07, 6.45) is 3.52. The Kier molecular flexibility index (Phi) is 3.28. The van der Waals surface area contributed by atoms with Crippen LogP contribution >= 0.6 is 0 Å². The summed E-state index contributed by atoms with van der Waals surface area (Å²) in [4.78, 5) is 20.1. The zero-order valence-electron chi connectivity index (χ0n) is 9.97. The first-order valence-electron chi connectivity index (χ1n) is 5.52. The fourth-order valence-corrected chi connectivity index (χ4v) is 1.63. The smallest absolute Gasteiger partial charge is 0.187 e. The lowest BCUT2D eigenvalue weighted by molar-refractivity contribution is 0.0988. The van der Waals surface area contributed by atoms with Crippen molar-refractivity contribution in [3.8, 4) is 0 Å². The molecule has 0 saturated heterocycles.